The molecule has 3 heteroatoms. The molecule has 2 fully saturated rings. The van der Waals surface area contributed by atoms with E-state index in [0.29, 0.717) is 0 Å². The zero-order valence-electron chi connectivity index (χ0n) is 12.4. The van der Waals surface area contributed by atoms with Gasteiger partial charge >= 0.3 is 7.12 Å². The van der Waals surface area contributed by atoms with Crippen molar-refractivity contribution >= 4 is 7.12 Å². The van der Waals surface area contributed by atoms with Crippen molar-refractivity contribution in [1.82, 2.24) is 0 Å². The second-order valence-corrected chi connectivity index (χ2v) is 6.75. The van der Waals surface area contributed by atoms with Gasteiger partial charge in [-0.3, -0.25) is 0 Å². The van der Waals surface area contributed by atoms with E-state index in [0.717, 1.165) is 12.2 Å². The molecule has 0 radical (unpaired) electrons. The fourth-order valence-corrected chi connectivity index (χ4v) is 2.77. The molecule has 1 heterocycles. The molecule has 1 aliphatic heterocycles. The van der Waals surface area contributed by atoms with Crippen LogP contribution >= 0.6 is 0 Å². The van der Waals surface area contributed by atoms with E-state index < -0.39 is 0 Å². The van der Waals surface area contributed by atoms with Gasteiger partial charge in [-0.05, 0) is 46.5 Å². The van der Waals surface area contributed by atoms with E-state index in [-0.39, 0.29) is 18.3 Å². The monoisotopic (exact) mass is 250 g/mol. The standard InChI is InChI=1S/C15H27BO2/c1-14(2)15(3,4)18-16(17-14)12-8-11-13-9-6-5-7-10-13/h8,11,13H,5-7,9-10,12H2,1-4H3/b11-8+. The Bertz CT molecular complexity index is 288. The summed E-state index contributed by atoms with van der Waals surface area (Å²) in [5.41, 5.74) is -0.396. The second kappa shape index (κ2) is 5.38. The van der Waals surface area contributed by atoms with Crippen LogP contribution in [0, 0.1) is 5.92 Å². The molecule has 0 N–H and O–H groups in total. The summed E-state index contributed by atoms with van der Waals surface area (Å²) in [6.45, 7) is 8.44. The van der Waals surface area contributed by atoms with Crippen LogP contribution < -0.4 is 0 Å². The van der Waals surface area contributed by atoms with Crippen molar-refractivity contribution < 1.29 is 9.31 Å². The quantitative estimate of drug-likeness (QED) is 0.551. The van der Waals surface area contributed by atoms with Crippen LogP contribution in [0.4, 0.5) is 0 Å². The molecule has 2 aliphatic rings. The van der Waals surface area contributed by atoms with Gasteiger partial charge in [0, 0.05) is 6.32 Å². The maximum atomic E-state index is 5.98. The van der Waals surface area contributed by atoms with Crippen molar-refractivity contribution in [2.24, 2.45) is 5.92 Å². The molecular formula is C15H27BO2. The van der Waals surface area contributed by atoms with Crippen LogP contribution in [0.25, 0.3) is 0 Å². The van der Waals surface area contributed by atoms with Crippen LogP contribution in [0.3, 0.4) is 0 Å². The summed E-state index contributed by atoms with van der Waals surface area (Å²) in [5.74, 6) is 0.793. The molecule has 0 atom stereocenters. The Labute approximate surface area is 112 Å². The van der Waals surface area contributed by atoms with Gasteiger partial charge in [0.2, 0.25) is 0 Å². The van der Waals surface area contributed by atoms with Crippen LogP contribution in [0.1, 0.15) is 59.8 Å². The van der Waals surface area contributed by atoms with Crippen molar-refractivity contribution in [3.63, 3.8) is 0 Å². The first-order valence-corrected chi connectivity index (χ1v) is 7.43. The summed E-state index contributed by atoms with van der Waals surface area (Å²) < 4.78 is 12.0. The van der Waals surface area contributed by atoms with Crippen molar-refractivity contribution in [3.8, 4) is 0 Å². The van der Waals surface area contributed by atoms with Crippen LogP contribution in [0.2, 0.25) is 6.32 Å². The highest BCUT2D eigenvalue weighted by atomic mass is 16.7. The topological polar surface area (TPSA) is 18.5 Å². The maximum absolute atomic E-state index is 5.98. The molecule has 1 saturated heterocycles. The van der Waals surface area contributed by atoms with Gasteiger partial charge in [0.05, 0.1) is 11.2 Å². The minimum atomic E-state index is -0.198. The van der Waals surface area contributed by atoms with Crippen LogP contribution in [-0.4, -0.2) is 18.3 Å². The maximum Gasteiger partial charge on any atom is 0.461 e. The van der Waals surface area contributed by atoms with Crippen molar-refractivity contribution in [3.05, 3.63) is 12.2 Å². The van der Waals surface area contributed by atoms with Crippen molar-refractivity contribution in [2.75, 3.05) is 0 Å². The smallest absolute Gasteiger partial charge is 0.403 e. The van der Waals surface area contributed by atoms with Gasteiger partial charge in [-0.25, -0.2) is 0 Å². The van der Waals surface area contributed by atoms with E-state index >= 15 is 0 Å². The van der Waals surface area contributed by atoms with Gasteiger partial charge in [-0.1, -0.05) is 31.4 Å². The van der Waals surface area contributed by atoms with E-state index in [1.165, 1.54) is 32.1 Å². The molecule has 1 saturated carbocycles. The first kappa shape index (κ1) is 14.1. The number of allylic oxidation sites excluding steroid dienone is 2. The summed E-state index contributed by atoms with van der Waals surface area (Å²) in [4.78, 5) is 0. The second-order valence-electron chi connectivity index (χ2n) is 6.75. The van der Waals surface area contributed by atoms with Crippen LogP contribution in [0.15, 0.2) is 12.2 Å². The Morgan fingerprint density at radius 1 is 1.00 bits per heavy atom. The minimum absolute atomic E-state index is 0.0742. The largest absolute Gasteiger partial charge is 0.461 e. The average Bonchev–Trinajstić information content (AvgIpc) is 2.49. The lowest BCUT2D eigenvalue weighted by Gasteiger charge is -2.32. The third-order valence-corrected chi connectivity index (χ3v) is 4.69. The molecule has 102 valence electrons. The Kier molecular flexibility index (Phi) is 4.23. The molecule has 2 nitrogen and oxygen atoms in total. The lowest BCUT2D eigenvalue weighted by molar-refractivity contribution is 0.00578. The first-order valence-electron chi connectivity index (χ1n) is 7.43. The van der Waals surface area contributed by atoms with Gasteiger partial charge in [0.25, 0.3) is 0 Å². The number of hydrogen-bond acceptors (Lipinski definition) is 2. The molecule has 0 aromatic rings. The molecule has 0 bridgehead atoms. The summed E-state index contributed by atoms with van der Waals surface area (Å²) in [6.07, 6.45) is 12.4. The summed E-state index contributed by atoms with van der Waals surface area (Å²) >= 11 is 0. The molecular weight excluding hydrogens is 223 g/mol. The summed E-state index contributed by atoms with van der Waals surface area (Å²) in [7, 11) is -0.0742. The van der Waals surface area contributed by atoms with Gasteiger partial charge in [0.15, 0.2) is 0 Å². The van der Waals surface area contributed by atoms with Gasteiger partial charge < -0.3 is 9.31 Å². The molecule has 0 spiro atoms. The number of hydrogen-bond donors (Lipinski definition) is 0. The molecule has 0 unspecified atom stereocenters. The third-order valence-electron chi connectivity index (χ3n) is 4.69. The zero-order chi connectivity index (χ0) is 13.2. The lowest BCUT2D eigenvalue weighted by Crippen LogP contribution is -2.41. The van der Waals surface area contributed by atoms with Crippen molar-refractivity contribution in [1.29, 1.82) is 0 Å². The summed E-state index contributed by atoms with van der Waals surface area (Å²) in [5, 5.41) is 0. The third kappa shape index (κ3) is 3.18. The fourth-order valence-electron chi connectivity index (χ4n) is 2.77. The molecule has 0 aromatic carbocycles. The van der Waals surface area contributed by atoms with Crippen LogP contribution in [-0.2, 0) is 9.31 Å². The molecule has 2 rings (SSSR count). The summed E-state index contributed by atoms with van der Waals surface area (Å²) in [6, 6.07) is 0. The minimum Gasteiger partial charge on any atom is -0.403 e. The SMILES string of the molecule is CC1(C)OB(C/C=C/C2CCCCC2)OC1(C)C. The van der Waals surface area contributed by atoms with E-state index in [2.05, 4.69) is 39.8 Å². The van der Waals surface area contributed by atoms with E-state index in [4.69, 9.17) is 9.31 Å². The number of rotatable bonds is 3. The molecule has 0 amide bonds. The van der Waals surface area contributed by atoms with E-state index in [1.807, 2.05) is 0 Å². The highest BCUT2D eigenvalue weighted by Gasteiger charge is 2.50. The van der Waals surface area contributed by atoms with Gasteiger partial charge in [-0.15, -0.1) is 0 Å². The molecule has 18 heavy (non-hydrogen) atoms. The average molecular weight is 250 g/mol. The zero-order valence-corrected chi connectivity index (χ0v) is 12.4. The van der Waals surface area contributed by atoms with Crippen LogP contribution in [0.5, 0.6) is 0 Å². The van der Waals surface area contributed by atoms with E-state index in [1.54, 1.807) is 0 Å². The van der Waals surface area contributed by atoms with E-state index in [9.17, 15) is 0 Å². The van der Waals surface area contributed by atoms with Gasteiger partial charge in [0.1, 0.15) is 0 Å². The molecule has 0 aromatic heterocycles. The fraction of sp³-hybridized carbons (Fsp3) is 0.867. The predicted octanol–water partition coefficient (Wildman–Crippen LogP) is 4.22. The first-order chi connectivity index (χ1) is 8.41. The molecule has 1 aliphatic carbocycles. The Hall–Kier alpha value is -0.275. The van der Waals surface area contributed by atoms with Crippen molar-refractivity contribution in [2.45, 2.75) is 77.3 Å². The Morgan fingerprint density at radius 2 is 1.56 bits per heavy atom. The van der Waals surface area contributed by atoms with Gasteiger partial charge in [-0.2, -0.15) is 0 Å². The predicted molar refractivity (Wildman–Crippen MR) is 76.6 cm³/mol. The Balaban J connectivity index is 1.79. The highest BCUT2D eigenvalue weighted by molar-refractivity contribution is 6.46. The lowest BCUT2D eigenvalue weighted by atomic mass is 9.83. The highest BCUT2D eigenvalue weighted by Crippen LogP contribution is 2.37. The normalized spacial score (nSPS) is 28.1. The Morgan fingerprint density at radius 3 is 2.11 bits per heavy atom.